The second-order valence-corrected chi connectivity index (χ2v) is 6.91. The van der Waals surface area contributed by atoms with Crippen LogP contribution in [0.15, 0.2) is 23.3 Å². The molecular formula is C13H23ClIN5O2S. The maximum absolute atomic E-state index is 10.9. The Hall–Kier alpha value is -0.650. The molecule has 132 valence electrons. The van der Waals surface area contributed by atoms with Crippen LogP contribution in [-0.2, 0) is 16.4 Å². The third-order valence-corrected chi connectivity index (χ3v) is 3.68. The van der Waals surface area contributed by atoms with E-state index in [1.807, 2.05) is 6.07 Å². The van der Waals surface area contributed by atoms with Gasteiger partial charge in [0.25, 0.3) is 0 Å². The van der Waals surface area contributed by atoms with Gasteiger partial charge in [0, 0.05) is 32.9 Å². The summed E-state index contributed by atoms with van der Waals surface area (Å²) < 4.78 is 24.2. The van der Waals surface area contributed by atoms with Crippen molar-refractivity contribution in [3.8, 4) is 0 Å². The van der Waals surface area contributed by atoms with Gasteiger partial charge in [-0.3, -0.25) is 4.99 Å². The Labute approximate surface area is 159 Å². The van der Waals surface area contributed by atoms with Crippen LogP contribution in [0.4, 0.5) is 0 Å². The number of nitrogens with zero attached hydrogens (tertiary/aromatic N) is 2. The van der Waals surface area contributed by atoms with Crippen molar-refractivity contribution in [1.82, 2.24) is 20.3 Å². The number of nitrogens with one attached hydrogen (secondary N) is 3. The minimum Gasteiger partial charge on any atom is -0.356 e. The topological polar surface area (TPSA) is 95.5 Å². The van der Waals surface area contributed by atoms with E-state index < -0.39 is 10.0 Å². The lowest BCUT2D eigenvalue weighted by atomic mass is 10.2. The van der Waals surface area contributed by atoms with Gasteiger partial charge < -0.3 is 10.6 Å². The Morgan fingerprint density at radius 3 is 2.52 bits per heavy atom. The van der Waals surface area contributed by atoms with Crippen molar-refractivity contribution in [2.24, 2.45) is 4.99 Å². The maximum Gasteiger partial charge on any atom is 0.208 e. The molecule has 1 aromatic heterocycles. The molecule has 0 spiro atoms. The van der Waals surface area contributed by atoms with Gasteiger partial charge in [-0.15, -0.1) is 24.0 Å². The maximum atomic E-state index is 10.9. The van der Waals surface area contributed by atoms with E-state index in [-0.39, 0.29) is 24.0 Å². The molecule has 3 N–H and O–H groups in total. The van der Waals surface area contributed by atoms with Crippen LogP contribution in [0.25, 0.3) is 0 Å². The van der Waals surface area contributed by atoms with Crippen LogP contribution < -0.4 is 15.4 Å². The number of rotatable bonds is 8. The molecule has 7 nitrogen and oxygen atoms in total. The molecule has 23 heavy (non-hydrogen) atoms. The number of hydrogen-bond acceptors (Lipinski definition) is 4. The van der Waals surface area contributed by atoms with E-state index in [2.05, 4.69) is 25.3 Å². The van der Waals surface area contributed by atoms with Crippen LogP contribution in [0.1, 0.15) is 12.0 Å². The molecule has 1 heterocycles. The van der Waals surface area contributed by atoms with E-state index in [1.165, 1.54) is 0 Å². The molecule has 0 aliphatic carbocycles. The summed E-state index contributed by atoms with van der Waals surface area (Å²) in [5.41, 5.74) is 1.09. The molecule has 1 aromatic rings. The predicted octanol–water partition coefficient (Wildman–Crippen LogP) is 1.000. The summed E-state index contributed by atoms with van der Waals surface area (Å²) in [5.74, 6) is 0.682. The van der Waals surface area contributed by atoms with Gasteiger partial charge in [-0.25, -0.2) is 18.1 Å². The Bertz CT molecular complexity index is 581. The summed E-state index contributed by atoms with van der Waals surface area (Å²) in [7, 11) is -1.43. The third-order valence-electron chi connectivity index (χ3n) is 2.73. The van der Waals surface area contributed by atoms with Gasteiger partial charge in [-0.2, -0.15) is 0 Å². The molecule has 0 bridgehead atoms. The summed E-state index contributed by atoms with van der Waals surface area (Å²) in [5, 5.41) is 6.78. The van der Waals surface area contributed by atoms with E-state index >= 15 is 0 Å². The highest BCUT2D eigenvalue weighted by Crippen LogP contribution is 2.05. The molecule has 0 aromatic carbocycles. The molecule has 0 saturated heterocycles. The van der Waals surface area contributed by atoms with Crippen molar-refractivity contribution in [3.05, 3.63) is 29.0 Å². The first-order valence-corrected chi connectivity index (χ1v) is 9.17. The van der Waals surface area contributed by atoms with Gasteiger partial charge in [0.15, 0.2) is 5.96 Å². The van der Waals surface area contributed by atoms with Gasteiger partial charge in [0.1, 0.15) is 5.15 Å². The number of aliphatic imine (C=N–C) groups is 1. The second-order valence-electron chi connectivity index (χ2n) is 4.68. The average molecular weight is 476 g/mol. The van der Waals surface area contributed by atoms with Crippen LogP contribution in [0.2, 0.25) is 5.15 Å². The molecular weight excluding hydrogens is 453 g/mol. The van der Waals surface area contributed by atoms with Crippen LogP contribution in [0.5, 0.6) is 0 Å². The zero-order valence-electron chi connectivity index (χ0n) is 13.2. The number of guanidine groups is 1. The summed E-state index contributed by atoms with van der Waals surface area (Å²) >= 11 is 5.73. The molecule has 0 unspecified atom stereocenters. The molecule has 0 aliphatic heterocycles. The van der Waals surface area contributed by atoms with Crippen LogP contribution >= 0.6 is 35.6 Å². The molecule has 10 heteroatoms. The van der Waals surface area contributed by atoms with E-state index in [1.54, 1.807) is 19.3 Å². The Kier molecular flexibility index (Phi) is 11.5. The smallest absolute Gasteiger partial charge is 0.208 e. The van der Waals surface area contributed by atoms with Crippen molar-refractivity contribution in [2.75, 3.05) is 32.9 Å². The predicted molar refractivity (Wildman–Crippen MR) is 105 cm³/mol. The fraction of sp³-hybridized carbons (Fsp3) is 0.538. The molecule has 0 atom stereocenters. The number of halogens is 2. The van der Waals surface area contributed by atoms with Gasteiger partial charge in [-0.1, -0.05) is 17.7 Å². The van der Waals surface area contributed by atoms with Gasteiger partial charge in [-0.05, 0) is 24.5 Å². The third kappa shape index (κ3) is 11.5. The molecule has 0 aliphatic rings. The minimum atomic E-state index is -3.12. The van der Waals surface area contributed by atoms with Crippen LogP contribution in [0, 0.1) is 0 Å². The van der Waals surface area contributed by atoms with Gasteiger partial charge in [0.2, 0.25) is 10.0 Å². The summed E-state index contributed by atoms with van der Waals surface area (Å²) in [6.45, 7) is 1.74. The van der Waals surface area contributed by atoms with Crippen molar-refractivity contribution in [1.29, 1.82) is 0 Å². The zero-order valence-corrected chi connectivity index (χ0v) is 17.1. The summed E-state index contributed by atoms with van der Waals surface area (Å²) in [4.78, 5) is 8.12. The summed E-state index contributed by atoms with van der Waals surface area (Å²) in [6, 6.07) is 3.70. The Balaban J connectivity index is 0.00000484. The molecule has 1 rings (SSSR count). The quantitative estimate of drug-likeness (QED) is 0.171. The highest BCUT2D eigenvalue weighted by Gasteiger charge is 2.00. The largest absolute Gasteiger partial charge is 0.356 e. The zero-order chi connectivity index (χ0) is 16.4. The van der Waals surface area contributed by atoms with E-state index in [0.29, 0.717) is 37.2 Å². The number of hydrogen-bond donors (Lipinski definition) is 3. The van der Waals surface area contributed by atoms with Crippen molar-refractivity contribution < 1.29 is 8.42 Å². The van der Waals surface area contributed by atoms with Gasteiger partial charge >= 0.3 is 0 Å². The fourth-order valence-corrected chi connectivity index (χ4v) is 2.28. The minimum absolute atomic E-state index is 0. The lowest BCUT2D eigenvalue weighted by molar-refractivity contribution is 0.584. The van der Waals surface area contributed by atoms with E-state index in [9.17, 15) is 8.42 Å². The number of sulfonamides is 1. The molecule has 0 radical (unpaired) electrons. The van der Waals surface area contributed by atoms with Crippen molar-refractivity contribution in [3.63, 3.8) is 0 Å². The van der Waals surface area contributed by atoms with E-state index in [0.717, 1.165) is 18.2 Å². The van der Waals surface area contributed by atoms with E-state index in [4.69, 9.17) is 11.6 Å². The first-order valence-electron chi connectivity index (χ1n) is 6.90. The van der Waals surface area contributed by atoms with Crippen molar-refractivity contribution >= 4 is 51.6 Å². The number of pyridine rings is 1. The SMILES string of the molecule is CN=C(NCCCNS(C)(=O)=O)NCCc1ccc(Cl)nc1.I. The highest BCUT2D eigenvalue weighted by molar-refractivity contribution is 14.0. The fourth-order valence-electron chi connectivity index (χ4n) is 1.65. The first kappa shape index (κ1) is 22.4. The van der Waals surface area contributed by atoms with Crippen LogP contribution in [-0.4, -0.2) is 52.3 Å². The molecule has 0 amide bonds. The standard InChI is InChI=1S/C13H22ClN5O2S.HI/c1-15-13(16-7-3-8-19-22(2,20)21)17-9-6-11-4-5-12(14)18-10-11;/h4-5,10,19H,3,6-9H2,1-2H3,(H2,15,16,17);1H. The Morgan fingerprint density at radius 1 is 1.26 bits per heavy atom. The average Bonchev–Trinajstić information content (AvgIpc) is 2.46. The van der Waals surface area contributed by atoms with Gasteiger partial charge in [0.05, 0.1) is 6.26 Å². The lowest BCUT2D eigenvalue weighted by Gasteiger charge is -2.11. The summed E-state index contributed by atoms with van der Waals surface area (Å²) in [6.07, 6.45) is 4.37. The normalized spacial score (nSPS) is 11.7. The highest BCUT2D eigenvalue weighted by atomic mass is 127. The first-order chi connectivity index (χ1) is 10.4. The molecule has 0 saturated carbocycles. The Morgan fingerprint density at radius 2 is 1.96 bits per heavy atom. The number of aromatic nitrogens is 1. The monoisotopic (exact) mass is 475 g/mol. The second kappa shape index (κ2) is 11.8. The van der Waals surface area contributed by atoms with Crippen LogP contribution in [0.3, 0.4) is 0 Å². The van der Waals surface area contributed by atoms with Crippen molar-refractivity contribution in [2.45, 2.75) is 12.8 Å². The molecule has 0 fully saturated rings. The lowest BCUT2D eigenvalue weighted by Crippen LogP contribution is -2.39.